The molecular weight excluding hydrogens is 366 g/mol. The first-order valence-electron chi connectivity index (χ1n) is 8.36. The molecule has 2 heterocycles. The number of aryl methyl sites for hydroxylation is 1. The second-order valence-electron chi connectivity index (χ2n) is 6.62. The van der Waals surface area contributed by atoms with Gasteiger partial charge in [0.15, 0.2) is 0 Å². The maximum atomic E-state index is 12.7. The summed E-state index contributed by atoms with van der Waals surface area (Å²) in [5.74, 6) is 0.565. The zero-order valence-electron chi connectivity index (χ0n) is 14.5. The molecular formula is C17H17N7O2S. The van der Waals surface area contributed by atoms with Crippen molar-refractivity contribution in [3.63, 3.8) is 0 Å². The van der Waals surface area contributed by atoms with E-state index in [1.807, 2.05) is 6.92 Å². The van der Waals surface area contributed by atoms with Gasteiger partial charge < -0.3 is 5.73 Å². The zero-order valence-corrected chi connectivity index (χ0v) is 15.3. The average Bonchev–Trinajstić information content (AvgIpc) is 3.03. The molecule has 1 fully saturated rings. The second kappa shape index (κ2) is 6.29. The Labute approximate surface area is 155 Å². The van der Waals surface area contributed by atoms with Crippen LogP contribution in [0.25, 0.3) is 17.0 Å². The summed E-state index contributed by atoms with van der Waals surface area (Å²) in [6.45, 7) is 1.88. The fourth-order valence-electron chi connectivity index (χ4n) is 3.11. The number of nitrogens with two attached hydrogens (primary N) is 1. The standard InChI is InChI=1S/C17H17N7O2S/c1-10-2-3-13(27(25,26)23-12-4-11(5-12)7-18)6-14(10)15-8-24-16(19)20-9-21-17(24)22-15/h2-3,6,8-9,11-12,23H,4-5H2,1H3,(H2,19,20,21,22). The summed E-state index contributed by atoms with van der Waals surface area (Å²) in [5.41, 5.74) is 7.93. The van der Waals surface area contributed by atoms with Crippen LogP contribution in [0.5, 0.6) is 0 Å². The van der Waals surface area contributed by atoms with E-state index in [1.54, 1.807) is 28.8 Å². The first kappa shape index (κ1) is 17.4. The molecule has 0 saturated heterocycles. The molecule has 3 N–H and O–H groups in total. The molecule has 0 radical (unpaired) electrons. The van der Waals surface area contributed by atoms with E-state index in [-0.39, 0.29) is 22.8 Å². The minimum absolute atomic E-state index is 0.0733. The molecule has 1 saturated carbocycles. The van der Waals surface area contributed by atoms with Gasteiger partial charge in [-0.2, -0.15) is 5.26 Å². The van der Waals surface area contributed by atoms with Crippen LogP contribution in [-0.2, 0) is 10.0 Å². The van der Waals surface area contributed by atoms with E-state index in [1.165, 1.54) is 6.33 Å². The summed E-state index contributed by atoms with van der Waals surface area (Å²) < 4.78 is 29.6. The van der Waals surface area contributed by atoms with E-state index in [4.69, 9.17) is 11.0 Å². The minimum atomic E-state index is -3.68. The molecule has 0 aliphatic heterocycles. The molecule has 1 aliphatic carbocycles. The van der Waals surface area contributed by atoms with Gasteiger partial charge in [0.25, 0.3) is 0 Å². The molecule has 27 heavy (non-hydrogen) atoms. The van der Waals surface area contributed by atoms with Crippen molar-refractivity contribution in [1.29, 1.82) is 5.26 Å². The van der Waals surface area contributed by atoms with E-state index in [9.17, 15) is 8.42 Å². The quantitative estimate of drug-likeness (QED) is 0.691. The lowest BCUT2D eigenvalue weighted by Gasteiger charge is -2.30. The number of aromatic nitrogens is 4. The number of nitrogens with one attached hydrogen (secondary N) is 1. The van der Waals surface area contributed by atoms with E-state index in [0.717, 1.165) is 5.56 Å². The Hall–Kier alpha value is -3.03. The third-order valence-corrected chi connectivity index (χ3v) is 6.25. The molecule has 9 nitrogen and oxygen atoms in total. The number of benzene rings is 1. The van der Waals surface area contributed by atoms with Crippen LogP contribution in [-0.4, -0.2) is 33.8 Å². The largest absolute Gasteiger partial charge is 0.369 e. The topological polar surface area (TPSA) is 139 Å². The Morgan fingerprint density at radius 1 is 1.33 bits per heavy atom. The molecule has 1 aromatic carbocycles. The van der Waals surface area contributed by atoms with E-state index in [0.29, 0.717) is 29.9 Å². The highest BCUT2D eigenvalue weighted by Crippen LogP contribution is 2.30. The van der Waals surface area contributed by atoms with Crippen molar-refractivity contribution < 1.29 is 8.42 Å². The van der Waals surface area contributed by atoms with Gasteiger partial charge in [0.2, 0.25) is 21.7 Å². The first-order chi connectivity index (χ1) is 12.9. The number of hydrogen-bond donors (Lipinski definition) is 2. The number of sulfonamides is 1. The van der Waals surface area contributed by atoms with E-state index in [2.05, 4.69) is 25.7 Å². The Balaban J connectivity index is 1.69. The van der Waals surface area contributed by atoms with Crippen molar-refractivity contribution in [3.8, 4) is 17.3 Å². The number of nitrogens with zero attached hydrogens (tertiary/aromatic N) is 5. The van der Waals surface area contributed by atoms with Gasteiger partial charge in [-0.25, -0.2) is 28.1 Å². The van der Waals surface area contributed by atoms with E-state index >= 15 is 0 Å². The van der Waals surface area contributed by atoms with Crippen molar-refractivity contribution >= 4 is 21.7 Å². The molecule has 2 aromatic heterocycles. The Bertz CT molecular complexity index is 1170. The van der Waals surface area contributed by atoms with Gasteiger partial charge in [-0.05, 0) is 37.5 Å². The average molecular weight is 383 g/mol. The molecule has 0 amide bonds. The predicted octanol–water partition coefficient (Wildman–Crippen LogP) is 1.26. The third-order valence-electron chi connectivity index (χ3n) is 4.74. The minimum Gasteiger partial charge on any atom is -0.369 e. The normalized spacial score (nSPS) is 19.6. The Morgan fingerprint density at radius 2 is 2.11 bits per heavy atom. The third kappa shape index (κ3) is 3.11. The second-order valence-corrected chi connectivity index (χ2v) is 8.33. The molecule has 3 aromatic rings. The number of rotatable bonds is 4. The number of nitrogen functional groups attached to an aromatic ring is 1. The SMILES string of the molecule is Cc1ccc(S(=O)(=O)NC2CC(C#N)C2)cc1-c1cn2c(N)ncnc2n1. The van der Waals surface area contributed by atoms with Gasteiger partial charge in [-0.1, -0.05) is 6.07 Å². The molecule has 0 spiro atoms. The summed E-state index contributed by atoms with van der Waals surface area (Å²) in [7, 11) is -3.68. The fourth-order valence-corrected chi connectivity index (χ4v) is 4.40. The number of imidazole rings is 1. The van der Waals surface area contributed by atoms with Crippen LogP contribution in [0, 0.1) is 24.2 Å². The molecule has 10 heteroatoms. The van der Waals surface area contributed by atoms with Crippen LogP contribution >= 0.6 is 0 Å². The van der Waals surface area contributed by atoms with E-state index < -0.39 is 10.0 Å². The fraction of sp³-hybridized carbons (Fsp3) is 0.294. The van der Waals surface area contributed by atoms with Gasteiger partial charge in [0.1, 0.15) is 6.33 Å². The summed E-state index contributed by atoms with van der Waals surface area (Å²) in [6, 6.07) is 6.83. The van der Waals surface area contributed by atoms with Gasteiger partial charge in [-0.15, -0.1) is 0 Å². The lowest BCUT2D eigenvalue weighted by Crippen LogP contribution is -2.43. The van der Waals surface area contributed by atoms with Crippen LogP contribution in [0.15, 0.2) is 35.6 Å². The first-order valence-corrected chi connectivity index (χ1v) is 9.84. The molecule has 0 unspecified atom stereocenters. The molecule has 138 valence electrons. The molecule has 0 atom stereocenters. The van der Waals surface area contributed by atoms with Crippen LogP contribution in [0.4, 0.5) is 5.95 Å². The molecule has 0 bridgehead atoms. The highest BCUT2D eigenvalue weighted by atomic mass is 32.2. The van der Waals surface area contributed by atoms with Crippen LogP contribution in [0.2, 0.25) is 0 Å². The highest BCUT2D eigenvalue weighted by molar-refractivity contribution is 7.89. The van der Waals surface area contributed by atoms with Gasteiger partial charge >= 0.3 is 0 Å². The smallest absolute Gasteiger partial charge is 0.240 e. The number of fused-ring (bicyclic) bond motifs is 1. The van der Waals surface area contributed by atoms with Crippen LogP contribution in [0.1, 0.15) is 18.4 Å². The summed E-state index contributed by atoms with van der Waals surface area (Å²) in [4.78, 5) is 12.6. The lowest BCUT2D eigenvalue weighted by molar-refractivity contribution is 0.308. The Kier molecular flexibility index (Phi) is 4.05. The maximum absolute atomic E-state index is 12.7. The molecule has 4 rings (SSSR count). The van der Waals surface area contributed by atoms with Crippen molar-refractivity contribution in [2.24, 2.45) is 5.92 Å². The number of nitriles is 1. The van der Waals surface area contributed by atoms with Crippen molar-refractivity contribution in [2.45, 2.75) is 30.7 Å². The monoisotopic (exact) mass is 383 g/mol. The summed E-state index contributed by atoms with van der Waals surface area (Å²) in [5, 5.41) is 8.84. The van der Waals surface area contributed by atoms with Crippen molar-refractivity contribution in [3.05, 3.63) is 36.3 Å². The van der Waals surface area contributed by atoms with Crippen molar-refractivity contribution in [2.75, 3.05) is 5.73 Å². The van der Waals surface area contributed by atoms with Gasteiger partial charge in [-0.3, -0.25) is 4.40 Å². The Morgan fingerprint density at radius 3 is 2.81 bits per heavy atom. The lowest BCUT2D eigenvalue weighted by atomic mass is 9.82. The highest BCUT2D eigenvalue weighted by Gasteiger charge is 2.32. The summed E-state index contributed by atoms with van der Waals surface area (Å²) in [6.07, 6.45) is 4.09. The van der Waals surface area contributed by atoms with Crippen molar-refractivity contribution in [1.82, 2.24) is 24.1 Å². The summed E-state index contributed by atoms with van der Waals surface area (Å²) >= 11 is 0. The zero-order chi connectivity index (χ0) is 19.2. The van der Waals surface area contributed by atoms with Gasteiger partial charge in [0, 0.05) is 23.7 Å². The van der Waals surface area contributed by atoms with Crippen LogP contribution < -0.4 is 10.5 Å². The van der Waals surface area contributed by atoms with Gasteiger partial charge in [0.05, 0.1) is 16.7 Å². The maximum Gasteiger partial charge on any atom is 0.240 e. The number of hydrogen-bond acceptors (Lipinski definition) is 7. The van der Waals surface area contributed by atoms with Crippen LogP contribution in [0.3, 0.4) is 0 Å². The predicted molar refractivity (Wildman–Crippen MR) is 97.8 cm³/mol. The molecule has 1 aliphatic rings. The number of anilines is 1.